The van der Waals surface area contributed by atoms with E-state index in [2.05, 4.69) is 33.5 Å². The highest BCUT2D eigenvalue weighted by Gasteiger charge is 2.11. The first-order chi connectivity index (χ1) is 10.6. The zero-order valence-corrected chi connectivity index (χ0v) is 13.8. The molecule has 2 rings (SSSR count). The van der Waals surface area contributed by atoms with Crippen molar-refractivity contribution in [1.29, 1.82) is 0 Å². The molecule has 0 aromatic heterocycles. The van der Waals surface area contributed by atoms with Gasteiger partial charge in [-0.25, -0.2) is 4.99 Å². The lowest BCUT2D eigenvalue weighted by atomic mass is 9.99. The lowest BCUT2D eigenvalue weighted by Gasteiger charge is -2.22. The van der Waals surface area contributed by atoms with Gasteiger partial charge < -0.3 is 21.3 Å². The van der Waals surface area contributed by atoms with Crippen LogP contribution in [0.2, 0.25) is 0 Å². The Kier molecular flexibility index (Phi) is 5.69. The smallest absolute Gasteiger partial charge is 0.193 e. The Hall–Kier alpha value is -2.17. The molecule has 5 heteroatoms. The molecular formula is C17H27N5. The van der Waals surface area contributed by atoms with E-state index < -0.39 is 0 Å². The van der Waals surface area contributed by atoms with E-state index in [4.69, 9.17) is 5.73 Å². The van der Waals surface area contributed by atoms with E-state index in [-0.39, 0.29) is 0 Å². The third-order valence-corrected chi connectivity index (χ3v) is 3.97. The maximum absolute atomic E-state index is 5.95. The summed E-state index contributed by atoms with van der Waals surface area (Å²) in [7, 11) is 4.04. The van der Waals surface area contributed by atoms with Gasteiger partial charge in [0.25, 0.3) is 0 Å². The van der Waals surface area contributed by atoms with E-state index in [1.54, 1.807) is 0 Å². The van der Waals surface area contributed by atoms with Crippen LogP contribution in [-0.2, 0) is 0 Å². The number of nitrogens with two attached hydrogens (primary N) is 1. The topological polar surface area (TPSA) is 65.7 Å². The molecule has 0 spiro atoms. The molecule has 1 atom stereocenters. The Balaban J connectivity index is 1.86. The molecule has 1 aromatic rings. The number of nitrogens with zero attached hydrogens (tertiary/aromatic N) is 2. The monoisotopic (exact) mass is 301 g/mol. The molecule has 0 aliphatic carbocycles. The number of hydrogen-bond donors (Lipinski definition) is 3. The molecule has 1 aliphatic heterocycles. The van der Waals surface area contributed by atoms with Gasteiger partial charge in [-0.05, 0) is 36.6 Å². The predicted octanol–water partition coefficient (Wildman–Crippen LogP) is 2.38. The average molecular weight is 301 g/mol. The van der Waals surface area contributed by atoms with Gasteiger partial charge in [-0.1, -0.05) is 19.4 Å². The molecule has 1 unspecified atom stereocenters. The maximum Gasteiger partial charge on any atom is 0.193 e. The highest BCUT2D eigenvalue weighted by Crippen LogP contribution is 2.16. The highest BCUT2D eigenvalue weighted by atomic mass is 15.1. The second-order valence-electron chi connectivity index (χ2n) is 5.89. The molecular weight excluding hydrogens is 274 g/mol. The Morgan fingerprint density at radius 2 is 2.09 bits per heavy atom. The average Bonchev–Trinajstić information content (AvgIpc) is 2.54. The second kappa shape index (κ2) is 7.73. The predicted molar refractivity (Wildman–Crippen MR) is 95.4 cm³/mol. The van der Waals surface area contributed by atoms with Gasteiger partial charge in [-0.2, -0.15) is 0 Å². The van der Waals surface area contributed by atoms with Crippen LogP contribution in [0.25, 0.3) is 0 Å². The number of anilines is 2. The number of allylic oxidation sites excluding steroid dienone is 1. The third-order valence-electron chi connectivity index (χ3n) is 3.97. The summed E-state index contributed by atoms with van der Waals surface area (Å²) < 4.78 is 0. The number of rotatable bonds is 5. The maximum atomic E-state index is 5.95. The van der Waals surface area contributed by atoms with Crippen LogP contribution in [0.3, 0.4) is 0 Å². The zero-order chi connectivity index (χ0) is 15.9. The van der Waals surface area contributed by atoms with Gasteiger partial charge in [0.05, 0.1) is 6.54 Å². The van der Waals surface area contributed by atoms with Gasteiger partial charge in [0.15, 0.2) is 5.96 Å². The lowest BCUT2D eigenvalue weighted by Crippen LogP contribution is -2.29. The van der Waals surface area contributed by atoms with E-state index in [1.807, 2.05) is 38.4 Å². The van der Waals surface area contributed by atoms with Crippen LogP contribution < -0.4 is 21.3 Å². The zero-order valence-electron chi connectivity index (χ0n) is 13.8. The summed E-state index contributed by atoms with van der Waals surface area (Å²) in [5.74, 6) is 1.19. The van der Waals surface area contributed by atoms with Crippen LogP contribution >= 0.6 is 0 Å². The SMILES string of the molecule is CCC1CC=C(CN=C(N)Nc2ccc(N(C)C)cc2)NC1. The van der Waals surface area contributed by atoms with Crippen molar-refractivity contribution in [2.45, 2.75) is 19.8 Å². The minimum Gasteiger partial charge on any atom is -0.387 e. The molecule has 1 aliphatic rings. The molecule has 0 bridgehead atoms. The molecule has 0 saturated carbocycles. The Morgan fingerprint density at radius 1 is 1.36 bits per heavy atom. The number of nitrogens with one attached hydrogen (secondary N) is 2. The first kappa shape index (κ1) is 16.2. The molecule has 5 nitrogen and oxygen atoms in total. The van der Waals surface area contributed by atoms with Crippen LogP contribution in [0, 0.1) is 5.92 Å². The van der Waals surface area contributed by atoms with E-state index in [1.165, 1.54) is 6.42 Å². The van der Waals surface area contributed by atoms with Crippen LogP contribution in [0.15, 0.2) is 41.0 Å². The van der Waals surface area contributed by atoms with Crippen molar-refractivity contribution in [2.24, 2.45) is 16.6 Å². The van der Waals surface area contributed by atoms with E-state index in [0.717, 1.165) is 36.0 Å². The van der Waals surface area contributed by atoms with Gasteiger partial charge in [-0.15, -0.1) is 0 Å². The highest BCUT2D eigenvalue weighted by molar-refractivity contribution is 5.92. The van der Waals surface area contributed by atoms with Crippen LogP contribution in [-0.4, -0.2) is 33.1 Å². The standard InChI is InChI=1S/C17H27N5/c1-4-13-5-6-15(19-11-13)12-20-17(18)21-14-7-9-16(10-8-14)22(2)3/h6-10,13,19H,4-5,11-12H2,1-3H3,(H3,18,20,21). The summed E-state index contributed by atoms with van der Waals surface area (Å²) in [5, 5.41) is 6.55. The van der Waals surface area contributed by atoms with Crippen LogP contribution in [0.1, 0.15) is 19.8 Å². The van der Waals surface area contributed by atoms with Crippen molar-refractivity contribution in [1.82, 2.24) is 5.32 Å². The van der Waals surface area contributed by atoms with Crippen molar-refractivity contribution in [3.05, 3.63) is 36.0 Å². The number of hydrogen-bond acceptors (Lipinski definition) is 3. The molecule has 1 aromatic carbocycles. The molecule has 120 valence electrons. The molecule has 0 fully saturated rings. The first-order valence-corrected chi connectivity index (χ1v) is 7.85. The molecule has 1 heterocycles. The Labute approximate surface area is 133 Å². The summed E-state index contributed by atoms with van der Waals surface area (Å²) >= 11 is 0. The molecule has 0 amide bonds. The lowest BCUT2D eigenvalue weighted by molar-refractivity contribution is 0.465. The second-order valence-corrected chi connectivity index (χ2v) is 5.89. The van der Waals surface area contributed by atoms with Gasteiger partial charge in [0.2, 0.25) is 0 Å². The number of aliphatic imine (C=N–C) groups is 1. The van der Waals surface area contributed by atoms with Crippen molar-refractivity contribution in [2.75, 3.05) is 37.4 Å². The van der Waals surface area contributed by atoms with E-state index in [0.29, 0.717) is 12.5 Å². The van der Waals surface area contributed by atoms with Crippen molar-refractivity contribution in [3.8, 4) is 0 Å². The van der Waals surface area contributed by atoms with Gasteiger partial charge in [0, 0.05) is 37.7 Å². The summed E-state index contributed by atoms with van der Waals surface area (Å²) in [4.78, 5) is 6.46. The fraction of sp³-hybridized carbons (Fsp3) is 0.471. The van der Waals surface area contributed by atoms with Crippen LogP contribution in [0.4, 0.5) is 11.4 Å². The molecule has 4 N–H and O–H groups in total. The van der Waals surface area contributed by atoms with Crippen molar-refractivity contribution in [3.63, 3.8) is 0 Å². The molecule has 22 heavy (non-hydrogen) atoms. The molecule has 0 saturated heterocycles. The normalized spacial score (nSPS) is 18.4. The molecule has 0 radical (unpaired) electrons. The minimum absolute atomic E-state index is 0.443. The van der Waals surface area contributed by atoms with Crippen molar-refractivity contribution < 1.29 is 0 Å². The Bertz CT molecular complexity index is 530. The van der Waals surface area contributed by atoms with Crippen molar-refractivity contribution >= 4 is 17.3 Å². The number of benzene rings is 1. The van der Waals surface area contributed by atoms with E-state index in [9.17, 15) is 0 Å². The summed E-state index contributed by atoms with van der Waals surface area (Å²) in [5.41, 5.74) is 9.22. The van der Waals surface area contributed by atoms with Crippen LogP contribution in [0.5, 0.6) is 0 Å². The van der Waals surface area contributed by atoms with Gasteiger partial charge in [0.1, 0.15) is 0 Å². The van der Waals surface area contributed by atoms with Gasteiger partial charge >= 0.3 is 0 Å². The summed E-state index contributed by atoms with van der Waals surface area (Å²) in [6.45, 7) is 3.87. The fourth-order valence-electron chi connectivity index (χ4n) is 2.37. The fourth-order valence-corrected chi connectivity index (χ4v) is 2.37. The third kappa shape index (κ3) is 4.69. The minimum atomic E-state index is 0.443. The summed E-state index contributed by atoms with van der Waals surface area (Å²) in [6.07, 6.45) is 4.58. The largest absolute Gasteiger partial charge is 0.387 e. The first-order valence-electron chi connectivity index (χ1n) is 7.85. The van der Waals surface area contributed by atoms with Gasteiger partial charge in [-0.3, -0.25) is 0 Å². The summed E-state index contributed by atoms with van der Waals surface area (Å²) in [6, 6.07) is 8.10. The Morgan fingerprint density at radius 3 is 2.64 bits per heavy atom. The quantitative estimate of drug-likeness (QED) is 0.577. The number of guanidine groups is 1. The van der Waals surface area contributed by atoms with E-state index >= 15 is 0 Å².